The van der Waals surface area contributed by atoms with Crippen molar-refractivity contribution in [3.63, 3.8) is 0 Å². The van der Waals surface area contributed by atoms with Crippen molar-refractivity contribution in [3.05, 3.63) is 51.6 Å². The Morgan fingerprint density at radius 2 is 1.80 bits per heavy atom. The first-order chi connectivity index (χ1) is 20.5. The summed E-state index contributed by atoms with van der Waals surface area (Å²) in [6.45, 7) is 4.04. The van der Waals surface area contributed by atoms with Crippen LogP contribution in [0, 0.1) is 17.2 Å². The van der Waals surface area contributed by atoms with E-state index in [2.05, 4.69) is 25.6 Å². The number of imidazole rings is 1. The number of aromatic amines is 1. The average molecular weight is 648 g/mol. The molecule has 1 fully saturated rings. The number of fused-ring (bicyclic) bond motifs is 1. The molecule has 3 aromatic rings. The predicted octanol–water partition coefficient (Wildman–Crippen LogP) is 6.50. The summed E-state index contributed by atoms with van der Waals surface area (Å²) in [5, 5.41) is 5.43. The second kappa shape index (κ2) is 13.2. The number of carbonyl (C=O) groups is 2. The van der Waals surface area contributed by atoms with Crippen LogP contribution in [-0.4, -0.2) is 52.0 Å². The average Bonchev–Trinajstić information content (AvgIpc) is 3.33. The molecule has 15 heteroatoms. The molecule has 0 spiro atoms. The first-order valence-corrected chi connectivity index (χ1v) is 14.3. The van der Waals surface area contributed by atoms with Crippen molar-refractivity contribution in [1.29, 1.82) is 0 Å². The SMILES string of the molecule is CC(C)(C)C(=O)NCc1ccc(Cl)c(Cc2nc3nc(OCC(F)F)c(C(=O)NC4CCC(C(F)(F)F)CC4)cc3[nH]2)c1F. The van der Waals surface area contributed by atoms with Crippen LogP contribution in [0.4, 0.5) is 26.3 Å². The zero-order valence-electron chi connectivity index (χ0n) is 24.2. The molecule has 0 radical (unpaired) electrons. The molecule has 3 N–H and O–H groups in total. The summed E-state index contributed by atoms with van der Waals surface area (Å²) in [5.74, 6) is -3.36. The summed E-state index contributed by atoms with van der Waals surface area (Å²) < 4.78 is 85.5. The van der Waals surface area contributed by atoms with Crippen LogP contribution in [-0.2, 0) is 17.8 Å². The fraction of sp³-hybridized carbons (Fsp3) is 0.517. The van der Waals surface area contributed by atoms with Crippen LogP contribution in [0.5, 0.6) is 5.88 Å². The maximum Gasteiger partial charge on any atom is 0.391 e. The Balaban J connectivity index is 1.56. The van der Waals surface area contributed by atoms with Crippen LogP contribution in [0.25, 0.3) is 11.2 Å². The van der Waals surface area contributed by atoms with Crippen LogP contribution in [0.2, 0.25) is 5.02 Å². The van der Waals surface area contributed by atoms with Gasteiger partial charge in [-0.15, -0.1) is 0 Å². The molecule has 0 unspecified atom stereocenters. The van der Waals surface area contributed by atoms with Crippen molar-refractivity contribution in [1.82, 2.24) is 25.6 Å². The summed E-state index contributed by atoms with van der Waals surface area (Å²) in [6, 6.07) is 3.67. The van der Waals surface area contributed by atoms with Crippen LogP contribution in [0.3, 0.4) is 0 Å². The fourth-order valence-corrected chi connectivity index (χ4v) is 5.07. The smallest absolute Gasteiger partial charge is 0.391 e. The Morgan fingerprint density at radius 1 is 1.11 bits per heavy atom. The number of nitrogens with one attached hydrogen (secondary N) is 3. The lowest BCUT2D eigenvalue weighted by Crippen LogP contribution is -2.40. The number of rotatable bonds is 9. The van der Waals surface area contributed by atoms with Gasteiger partial charge in [0.1, 0.15) is 17.2 Å². The van der Waals surface area contributed by atoms with E-state index in [1.54, 1.807) is 20.8 Å². The minimum atomic E-state index is -4.31. The number of amides is 2. The highest BCUT2D eigenvalue weighted by Crippen LogP contribution is 2.37. The molecule has 0 bridgehead atoms. The highest BCUT2D eigenvalue weighted by molar-refractivity contribution is 6.31. The molecule has 1 saturated carbocycles. The van der Waals surface area contributed by atoms with Gasteiger partial charge in [-0.3, -0.25) is 9.59 Å². The largest absolute Gasteiger partial charge is 0.471 e. The van der Waals surface area contributed by atoms with E-state index >= 15 is 4.39 Å². The van der Waals surface area contributed by atoms with Gasteiger partial charge in [0, 0.05) is 40.6 Å². The maximum atomic E-state index is 15.4. The highest BCUT2D eigenvalue weighted by Gasteiger charge is 2.41. The number of alkyl halides is 5. The molecule has 1 aromatic carbocycles. The van der Waals surface area contributed by atoms with Gasteiger partial charge in [-0.25, -0.2) is 18.2 Å². The van der Waals surface area contributed by atoms with Gasteiger partial charge in [-0.1, -0.05) is 38.4 Å². The Labute approximate surface area is 254 Å². The second-order valence-electron chi connectivity index (χ2n) is 11.8. The van der Waals surface area contributed by atoms with E-state index in [1.165, 1.54) is 18.2 Å². The first-order valence-electron chi connectivity index (χ1n) is 13.9. The van der Waals surface area contributed by atoms with Crippen LogP contribution in [0.1, 0.15) is 73.8 Å². The molecule has 2 amide bonds. The molecule has 1 aliphatic carbocycles. The number of hydrogen-bond acceptors (Lipinski definition) is 5. The van der Waals surface area contributed by atoms with Gasteiger partial charge in [-0.05, 0) is 37.8 Å². The predicted molar refractivity (Wildman–Crippen MR) is 150 cm³/mol. The molecule has 0 atom stereocenters. The lowest BCUT2D eigenvalue weighted by atomic mass is 9.85. The van der Waals surface area contributed by atoms with E-state index in [1.807, 2.05) is 0 Å². The van der Waals surface area contributed by atoms with E-state index in [4.69, 9.17) is 16.3 Å². The highest BCUT2D eigenvalue weighted by atomic mass is 35.5. The van der Waals surface area contributed by atoms with Gasteiger partial charge in [0.15, 0.2) is 12.3 Å². The van der Waals surface area contributed by atoms with E-state index in [0.29, 0.717) is 0 Å². The molecular weight excluding hydrogens is 616 g/mol. The van der Waals surface area contributed by atoms with Gasteiger partial charge in [0.25, 0.3) is 12.3 Å². The molecule has 0 saturated heterocycles. The number of hydrogen-bond donors (Lipinski definition) is 3. The zero-order valence-corrected chi connectivity index (χ0v) is 24.9. The van der Waals surface area contributed by atoms with Crippen molar-refractivity contribution in [2.24, 2.45) is 11.3 Å². The number of benzene rings is 1. The van der Waals surface area contributed by atoms with Crippen LogP contribution >= 0.6 is 11.6 Å². The number of ether oxygens (including phenoxy) is 1. The Hall–Kier alpha value is -3.55. The van der Waals surface area contributed by atoms with Crippen molar-refractivity contribution in [2.75, 3.05) is 6.61 Å². The topological polar surface area (TPSA) is 109 Å². The monoisotopic (exact) mass is 647 g/mol. The van der Waals surface area contributed by atoms with E-state index in [-0.39, 0.29) is 83.3 Å². The molecule has 0 aliphatic heterocycles. The third-order valence-corrected chi connectivity index (χ3v) is 7.69. The number of halogens is 7. The van der Waals surface area contributed by atoms with Gasteiger partial charge in [0.2, 0.25) is 11.8 Å². The molecule has 4 rings (SSSR count). The minimum Gasteiger partial charge on any atom is -0.471 e. The number of carbonyl (C=O) groups excluding carboxylic acids is 2. The van der Waals surface area contributed by atoms with E-state index in [9.17, 15) is 31.5 Å². The number of aromatic nitrogens is 3. The van der Waals surface area contributed by atoms with Gasteiger partial charge < -0.3 is 20.4 Å². The number of nitrogens with zero attached hydrogens (tertiary/aromatic N) is 2. The second-order valence-corrected chi connectivity index (χ2v) is 12.2. The van der Waals surface area contributed by atoms with E-state index < -0.39 is 54.2 Å². The molecular formula is C29H32ClF6N5O3. The lowest BCUT2D eigenvalue weighted by Gasteiger charge is -2.30. The molecule has 44 heavy (non-hydrogen) atoms. The summed E-state index contributed by atoms with van der Waals surface area (Å²) in [7, 11) is 0. The standard InChI is InChI=1S/C29H32ClF6N5O3/c1-28(2,3)27(43)37-12-14-4-9-19(30)17(23(14)33)11-22-39-20-10-18(26(41-24(20)40-22)44-13-21(31)32)25(42)38-16-7-5-15(6-8-16)29(34,35)36/h4,9-10,15-16,21H,5-8,11-13H2,1-3H3,(H,37,43)(H,38,42)(H,39,40,41). The molecule has 2 heterocycles. The normalized spacial score (nSPS) is 17.6. The van der Waals surface area contributed by atoms with Crippen molar-refractivity contribution in [2.45, 2.75) is 78.1 Å². The van der Waals surface area contributed by atoms with Gasteiger partial charge in [0.05, 0.1) is 11.4 Å². The van der Waals surface area contributed by atoms with Gasteiger partial charge >= 0.3 is 6.18 Å². The van der Waals surface area contributed by atoms with Crippen molar-refractivity contribution >= 4 is 34.6 Å². The first kappa shape index (κ1) is 33.3. The summed E-state index contributed by atoms with van der Waals surface area (Å²) >= 11 is 6.28. The molecule has 2 aromatic heterocycles. The Morgan fingerprint density at radius 3 is 2.41 bits per heavy atom. The molecule has 1 aliphatic rings. The molecule has 8 nitrogen and oxygen atoms in total. The van der Waals surface area contributed by atoms with Crippen LogP contribution < -0.4 is 15.4 Å². The summed E-state index contributed by atoms with van der Waals surface area (Å²) in [5.41, 5.74) is -0.408. The van der Waals surface area contributed by atoms with E-state index in [0.717, 1.165) is 0 Å². The quantitative estimate of drug-likeness (QED) is 0.230. The third kappa shape index (κ3) is 8.13. The number of pyridine rings is 1. The van der Waals surface area contributed by atoms with Gasteiger partial charge in [-0.2, -0.15) is 18.2 Å². The summed E-state index contributed by atoms with van der Waals surface area (Å²) in [6.07, 6.45) is -7.42. The maximum absolute atomic E-state index is 15.4. The van der Waals surface area contributed by atoms with Crippen molar-refractivity contribution in [3.8, 4) is 5.88 Å². The molecule has 240 valence electrons. The Bertz CT molecular complexity index is 1510. The Kier molecular flexibility index (Phi) is 10.0. The minimum absolute atomic E-state index is 0.00312. The lowest BCUT2D eigenvalue weighted by molar-refractivity contribution is -0.182. The van der Waals surface area contributed by atoms with Crippen molar-refractivity contribution < 1.29 is 40.7 Å². The fourth-order valence-electron chi connectivity index (χ4n) is 4.86. The van der Waals surface area contributed by atoms with Crippen LogP contribution in [0.15, 0.2) is 18.2 Å². The zero-order chi connectivity index (χ0) is 32.4. The third-order valence-electron chi connectivity index (χ3n) is 7.33. The summed E-state index contributed by atoms with van der Waals surface area (Å²) in [4.78, 5) is 36.7. The number of H-pyrrole nitrogens is 1.